The zero-order valence-electron chi connectivity index (χ0n) is 16.8. The molecule has 0 N–H and O–H groups in total. The summed E-state index contributed by atoms with van der Waals surface area (Å²) in [6.07, 6.45) is -0.767. The largest absolute Gasteiger partial charge is 0.403 e. The van der Waals surface area contributed by atoms with E-state index in [4.69, 9.17) is 4.43 Å². The van der Waals surface area contributed by atoms with Crippen LogP contribution in [-0.4, -0.2) is 31.1 Å². The number of imide groups is 1. The quantitative estimate of drug-likeness (QED) is 0.359. The Morgan fingerprint density at radius 3 is 1.90 bits per heavy atom. The van der Waals surface area contributed by atoms with E-state index in [1.165, 1.54) is 36.4 Å². The summed E-state index contributed by atoms with van der Waals surface area (Å²) in [5.41, 5.74) is 0.855. The maximum Gasteiger partial charge on any atom is 0.261 e. The lowest BCUT2D eigenvalue weighted by molar-refractivity contribution is -0.158. The molecule has 4 nitrogen and oxygen atoms in total. The lowest BCUT2D eigenvalue weighted by Crippen LogP contribution is -2.64. The van der Waals surface area contributed by atoms with Crippen molar-refractivity contribution in [2.24, 2.45) is 0 Å². The number of hydrogen-bond acceptors (Lipinski definition) is 3. The Hall–Kier alpha value is -2.38. The molecule has 0 aromatic heterocycles. The van der Waals surface area contributed by atoms with Gasteiger partial charge in [-0.05, 0) is 60.1 Å². The maximum absolute atomic E-state index is 13.4. The van der Waals surface area contributed by atoms with Crippen molar-refractivity contribution < 1.29 is 22.8 Å². The minimum Gasteiger partial charge on any atom is -0.403 e. The van der Waals surface area contributed by atoms with Crippen LogP contribution in [-0.2, 0) is 9.22 Å². The topological polar surface area (TPSA) is 46.6 Å². The molecular weight excluding hydrogens is 392 g/mol. The van der Waals surface area contributed by atoms with Gasteiger partial charge in [0.1, 0.15) is 11.6 Å². The highest BCUT2D eigenvalue weighted by Gasteiger charge is 2.54. The zero-order valence-corrected chi connectivity index (χ0v) is 17.8. The Kier molecular flexibility index (Phi) is 6.29. The van der Waals surface area contributed by atoms with Crippen molar-refractivity contribution in [2.45, 2.75) is 51.0 Å². The molecule has 1 heterocycles. The number of nitrogens with zero attached hydrogens (tertiary/aromatic N) is 1. The second-order valence-corrected chi connectivity index (χ2v) is 12.0. The molecule has 0 radical (unpaired) electrons. The van der Waals surface area contributed by atoms with Crippen molar-refractivity contribution in [3.8, 4) is 0 Å². The SMILES string of the molecule is CC[Si](CC)(CC)O[C@H]1C(=O)N(C(=O)c2ccc(F)cc2)[C@H]1c1ccc(F)cc1. The van der Waals surface area contributed by atoms with E-state index in [-0.39, 0.29) is 5.56 Å². The summed E-state index contributed by atoms with van der Waals surface area (Å²) in [7, 11) is -2.11. The van der Waals surface area contributed by atoms with E-state index in [0.717, 1.165) is 23.0 Å². The first kappa shape index (κ1) is 21.3. The van der Waals surface area contributed by atoms with Crippen molar-refractivity contribution in [3.63, 3.8) is 0 Å². The molecule has 0 aliphatic carbocycles. The fourth-order valence-corrected chi connectivity index (χ4v) is 6.56. The summed E-state index contributed by atoms with van der Waals surface area (Å²) in [6.45, 7) is 6.20. The third-order valence-corrected chi connectivity index (χ3v) is 10.5. The second kappa shape index (κ2) is 8.55. The third-order valence-electron chi connectivity index (χ3n) is 5.88. The molecular formula is C22H25F2NO3Si. The molecule has 0 bridgehead atoms. The lowest BCUT2D eigenvalue weighted by Gasteiger charge is -2.48. The van der Waals surface area contributed by atoms with Gasteiger partial charge < -0.3 is 4.43 Å². The number of rotatable bonds is 7. The number of benzene rings is 2. The minimum absolute atomic E-state index is 0.218. The molecule has 2 aromatic carbocycles. The molecule has 154 valence electrons. The van der Waals surface area contributed by atoms with Crippen molar-refractivity contribution in [1.29, 1.82) is 0 Å². The van der Waals surface area contributed by atoms with Gasteiger partial charge in [0.2, 0.25) is 0 Å². The summed E-state index contributed by atoms with van der Waals surface area (Å²) in [5.74, 6) is -1.77. The average molecular weight is 418 g/mol. The van der Waals surface area contributed by atoms with E-state index in [9.17, 15) is 18.4 Å². The van der Waals surface area contributed by atoms with Gasteiger partial charge in [-0.15, -0.1) is 0 Å². The summed E-state index contributed by atoms with van der Waals surface area (Å²) in [5, 5.41) is 0. The Labute approximate surface area is 170 Å². The molecule has 29 heavy (non-hydrogen) atoms. The maximum atomic E-state index is 13.4. The van der Waals surface area contributed by atoms with Crippen LogP contribution in [0.3, 0.4) is 0 Å². The monoisotopic (exact) mass is 417 g/mol. The van der Waals surface area contributed by atoms with Crippen LogP contribution in [0.15, 0.2) is 48.5 Å². The molecule has 7 heteroatoms. The van der Waals surface area contributed by atoms with Gasteiger partial charge in [0.25, 0.3) is 11.8 Å². The molecule has 3 rings (SSSR count). The number of carbonyl (C=O) groups is 2. The normalized spacial score (nSPS) is 19.2. The molecule has 1 saturated heterocycles. The van der Waals surface area contributed by atoms with E-state index in [1.807, 2.05) is 0 Å². The van der Waals surface area contributed by atoms with Gasteiger partial charge in [-0.3, -0.25) is 14.5 Å². The van der Waals surface area contributed by atoms with Crippen molar-refractivity contribution in [3.05, 3.63) is 71.3 Å². The van der Waals surface area contributed by atoms with E-state index < -0.39 is 43.9 Å². The first-order chi connectivity index (χ1) is 13.9. The van der Waals surface area contributed by atoms with Gasteiger partial charge in [-0.2, -0.15) is 0 Å². The fraction of sp³-hybridized carbons (Fsp3) is 0.364. The number of hydrogen-bond donors (Lipinski definition) is 0. The molecule has 0 spiro atoms. The van der Waals surface area contributed by atoms with Gasteiger partial charge in [0, 0.05) is 5.56 Å². The molecule has 2 atom stereocenters. The Morgan fingerprint density at radius 2 is 1.41 bits per heavy atom. The number of likely N-dealkylation sites (tertiary alicyclic amines) is 1. The van der Waals surface area contributed by atoms with E-state index in [0.29, 0.717) is 5.56 Å². The third kappa shape index (κ3) is 4.02. The Balaban J connectivity index is 1.95. The van der Waals surface area contributed by atoms with Gasteiger partial charge >= 0.3 is 0 Å². The highest BCUT2D eigenvalue weighted by molar-refractivity contribution is 6.73. The molecule has 2 amide bonds. The Morgan fingerprint density at radius 1 is 0.931 bits per heavy atom. The van der Waals surface area contributed by atoms with E-state index in [1.54, 1.807) is 12.1 Å². The van der Waals surface area contributed by atoms with Gasteiger partial charge in [0.05, 0.1) is 6.04 Å². The van der Waals surface area contributed by atoms with Crippen molar-refractivity contribution in [1.82, 2.24) is 4.90 Å². The van der Waals surface area contributed by atoms with Gasteiger partial charge in [-0.1, -0.05) is 32.9 Å². The number of amides is 2. The van der Waals surface area contributed by atoms with Crippen LogP contribution < -0.4 is 0 Å². The van der Waals surface area contributed by atoms with Crippen molar-refractivity contribution in [2.75, 3.05) is 0 Å². The molecule has 0 unspecified atom stereocenters. The summed E-state index contributed by atoms with van der Waals surface area (Å²) < 4.78 is 33.1. The molecule has 0 saturated carbocycles. The predicted molar refractivity (Wildman–Crippen MR) is 109 cm³/mol. The highest BCUT2D eigenvalue weighted by atomic mass is 28.4. The summed E-state index contributed by atoms with van der Waals surface area (Å²) in [6, 6.07) is 12.8. The standard InChI is InChI=1S/C22H25F2NO3Si/c1-4-29(5-2,6-3)28-20-19(15-7-11-17(23)12-8-15)25(22(20)27)21(26)16-9-13-18(24)14-10-16/h7-14,19-20H,4-6H2,1-3H3/t19-,20+/m0/s1. The minimum atomic E-state index is -2.11. The van der Waals surface area contributed by atoms with Crippen LogP contribution in [0, 0.1) is 11.6 Å². The van der Waals surface area contributed by atoms with Crippen LogP contribution in [0.25, 0.3) is 0 Å². The molecule has 1 aliphatic rings. The Bertz CT molecular complexity index is 874. The first-order valence-corrected chi connectivity index (χ1v) is 12.4. The van der Waals surface area contributed by atoms with Gasteiger partial charge in [0.15, 0.2) is 14.4 Å². The van der Waals surface area contributed by atoms with Crippen LogP contribution >= 0.6 is 0 Å². The average Bonchev–Trinajstić information content (AvgIpc) is 2.74. The van der Waals surface area contributed by atoms with Crippen LogP contribution in [0.5, 0.6) is 0 Å². The first-order valence-electron chi connectivity index (χ1n) is 9.92. The predicted octanol–water partition coefficient (Wildman–Crippen LogP) is 5.08. The van der Waals surface area contributed by atoms with Crippen LogP contribution in [0.2, 0.25) is 18.1 Å². The molecule has 2 aromatic rings. The number of carbonyl (C=O) groups excluding carboxylic acids is 2. The summed E-state index contributed by atoms with van der Waals surface area (Å²) in [4.78, 5) is 27.1. The smallest absolute Gasteiger partial charge is 0.261 e. The highest BCUT2D eigenvalue weighted by Crippen LogP contribution is 2.41. The zero-order chi connectivity index (χ0) is 21.2. The number of halogens is 2. The second-order valence-electron chi connectivity index (χ2n) is 7.30. The molecule has 1 aliphatic heterocycles. The van der Waals surface area contributed by atoms with E-state index >= 15 is 0 Å². The lowest BCUT2D eigenvalue weighted by atomic mass is 9.90. The summed E-state index contributed by atoms with van der Waals surface area (Å²) >= 11 is 0. The van der Waals surface area contributed by atoms with Crippen LogP contribution in [0.4, 0.5) is 8.78 Å². The molecule has 1 fully saturated rings. The number of β-lactam (4-membered cyclic amide) rings is 1. The van der Waals surface area contributed by atoms with E-state index in [2.05, 4.69) is 20.8 Å². The van der Waals surface area contributed by atoms with Crippen molar-refractivity contribution >= 4 is 20.1 Å². The fourth-order valence-electron chi connectivity index (χ4n) is 3.79. The van der Waals surface area contributed by atoms with Gasteiger partial charge in [-0.25, -0.2) is 8.78 Å². The van der Waals surface area contributed by atoms with Crippen LogP contribution in [0.1, 0.15) is 42.7 Å².